The lowest BCUT2D eigenvalue weighted by molar-refractivity contribution is 0.252. The fraction of sp³-hybridized carbons (Fsp3) is 0.364. The van der Waals surface area contributed by atoms with Gasteiger partial charge in [-0.05, 0) is 50.4 Å². The maximum atomic E-state index is 11.5. The van der Waals surface area contributed by atoms with Gasteiger partial charge in [0.15, 0.2) is 0 Å². The number of anilines is 1. The lowest BCUT2D eigenvalue weighted by Gasteiger charge is -2.10. The molecular weight excluding hydrogens is 336 g/mol. The Bertz CT molecular complexity index is 349. The van der Waals surface area contributed by atoms with Crippen molar-refractivity contribution in [3.63, 3.8) is 0 Å². The third kappa shape index (κ3) is 4.14. The van der Waals surface area contributed by atoms with E-state index < -0.39 is 0 Å². The molecule has 88 valence electrons. The van der Waals surface area contributed by atoms with E-state index in [0.717, 1.165) is 27.5 Å². The molecule has 1 aromatic rings. The number of hydrogen-bond acceptors (Lipinski definition) is 1. The highest BCUT2D eigenvalue weighted by Crippen LogP contribution is 2.30. The molecule has 3 nitrogen and oxygen atoms in total. The van der Waals surface area contributed by atoms with Crippen molar-refractivity contribution in [3.05, 3.63) is 27.1 Å². The number of urea groups is 1. The first kappa shape index (κ1) is 13.5. The fourth-order valence-corrected chi connectivity index (χ4v) is 2.35. The van der Waals surface area contributed by atoms with Crippen LogP contribution in [-0.4, -0.2) is 12.6 Å². The molecule has 2 N–H and O–H groups in total. The quantitative estimate of drug-likeness (QED) is 0.788. The second kappa shape index (κ2) is 6.91. The van der Waals surface area contributed by atoms with Gasteiger partial charge in [-0.15, -0.1) is 0 Å². The highest BCUT2D eigenvalue weighted by Gasteiger charge is 2.07. The summed E-state index contributed by atoms with van der Waals surface area (Å²) in [6.45, 7) is 2.79. The topological polar surface area (TPSA) is 41.1 Å². The molecule has 1 aromatic carbocycles. The first-order valence-corrected chi connectivity index (χ1v) is 6.72. The molecule has 2 amide bonds. The van der Waals surface area contributed by atoms with Crippen LogP contribution in [-0.2, 0) is 0 Å². The van der Waals surface area contributed by atoms with Crippen LogP contribution in [0.5, 0.6) is 0 Å². The molecule has 0 bridgehead atoms. The van der Waals surface area contributed by atoms with Gasteiger partial charge in [0.1, 0.15) is 0 Å². The Labute approximate surface area is 112 Å². The van der Waals surface area contributed by atoms with Crippen LogP contribution in [0.25, 0.3) is 0 Å². The highest BCUT2D eigenvalue weighted by atomic mass is 79.9. The molecule has 0 unspecified atom stereocenters. The highest BCUT2D eigenvalue weighted by molar-refractivity contribution is 9.11. The van der Waals surface area contributed by atoms with Crippen molar-refractivity contribution in [1.29, 1.82) is 0 Å². The standard InChI is InChI=1S/C11H14Br2N2O/c1-2-3-7-14-11(16)15-10-8(12)5-4-6-9(10)13/h4-6H,2-3,7H2,1H3,(H2,14,15,16). The number of carbonyl (C=O) groups excluding carboxylic acids is 1. The minimum absolute atomic E-state index is 0.180. The van der Waals surface area contributed by atoms with Gasteiger partial charge in [0.2, 0.25) is 0 Å². The molecular formula is C11H14Br2N2O. The molecule has 0 aliphatic carbocycles. The van der Waals surface area contributed by atoms with Crippen LogP contribution in [0.1, 0.15) is 19.8 Å². The van der Waals surface area contributed by atoms with Gasteiger partial charge < -0.3 is 10.6 Å². The maximum absolute atomic E-state index is 11.5. The Morgan fingerprint density at radius 2 is 1.94 bits per heavy atom. The molecule has 0 atom stereocenters. The van der Waals surface area contributed by atoms with Gasteiger partial charge in [-0.25, -0.2) is 4.79 Å². The molecule has 0 saturated heterocycles. The van der Waals surface area contributed by atoms with Gasteiger partial charge in [-0.2, -0.15) is 0 Å². The van der Waals surface area contributed by atoms with Crippen molar-refractivity contribution in [2.45, 2.75) is 19.8 Å². The van der Waals surface area contributed by atoms with Crippen molar-refractivity contribution in [2.24, 2.45) is 0 Å². The summed E-state index contributed by atoms with van der Waals surface area (Å²) in [7, 11) is 0. The molecule has 0 spiro atoms. The smallest absolute Gasteiger partial charge is 0.319 e. The summed E-state index contributed by atoms with van der Waals surface area (Å²) < 4.78 is 1.71. The first-order chi connectivity index (χ1) is 7.65. The Hall–Kier alpha value is -0.550. The number of nitrogens with one attached hydrogen (secondary N) is 2. The second-order valence-corrected chi connectivity index (χ2v) is 5.04. The molecule has 0 aliphatic heterocycles. The van der Waals surface area contributed by atoms with E-state index in [0.29, 0.717) is 6.54 Å². The average Bonchev–Trinajstić information content (AvgIpc) is 2.24. The van der Waals surface area contributed by atoms with Crippen LogP contribution >= 0.6 is 31.9 Å². The van der Waals surface area contributed by atoms with Crippen LogP contribution in [0.3, 0.4) is 0 Å². The SMILES string of the molecule is CCCCNC(=O)Nc1c(Br)cccc1Br. The van der Waals surface area contributed by atoms with E-state index in [2.05, 4.69) is 49.4 Å². The molecule has 0 heterocycles. The number of rotatable bonds is 4. The monoisotopic (exact) mass is 348 g/mol. The summed E-state index contributed by atoms with van der Waals surface area (Å²) >= 11 is 6.77. The molecule has 0 radical (unpaired) electrons. The zero-order valence-electron chi connectivity index (χ0n) is 9.02. The van der Waals surface area contributed by atoms with E-state index in [4.69, 9.17) is 0 Å². The normalized spacial score (nSPS) is 9.94. The predicted molar refractivity (Wildman–Crippen MR) is 73.8 cm³/mol. The van der Waals surface area contributed by atoms with E-state index in [9.17, 15) is 4.79 Å². The minimum Gasteiger partial charge on any atom is -0.338 e. The van der Waals surface area contributed by atoms with Crippen molar-refractivity contribution >= 4 is 43.6 Å². The zero-order valence-corrected chi connectivity index (χ0v) is 12.2. The summed E-state index contributed by atoms with van der Waals surface area (Å²) in [6, 6.07) is 5.48. The zero-order chi connectivity index (χ0) is 12.0. The number of unbranched alkanes of at least 4 members (excludes halogenated alkanes) is 1. The summed E-state index contributed by atoms with van der Waals surface area (Å²) in [4.78, 5) is 11.5. The largest absolute Gasteiger partial charge is 0.338 e. The van der Waals surface area contributed by atoms with Crippen molar-refractivity contribution < 1.29 is 4.79 Å². The van der Waals surface area contributed by atoms with Crippen LogP contribution in [0.2, 0.25) is 0 Å². The number of amides is 2. The molecule has 0 aliphatic rings. The lowest BCUT2D eigenvalue weighted by Crippen LogP contribution is -2.29. The molecule has 0 saturated carbocycles. The lowest BCUT2D eigenvalue weighted by atomic mass is 10.3. The summed E-state index contributed by atoms with van der Waals surface area (Å²) in [5.41, 5.74) is 0.747. The van der Waals surface area contributed by atoms with Gasteiger partial charge >= 0.3 is 6.03 Å². The summed E-state index contributed by atoms with van der Waals surface area (Å²) in [6.07, 6.45) is 2.06. The number of carbonyl (C=O) groups is 1. The van der Waals surface area contributed by atoms with E-state index in [1.54, 1.807) is 0 Å². The molecule has 0 aromatic heterocycles. The molecule has 5 heteroatoms. The van der Waals surface area contributed by atoms with Gasteiger partial charge in [-0.3, -0.25) is 0 Å². The van der Waals surface area contributed by atoms with Crippen molar-refractivity contribution in [3.8, 4) is 0 Å². The Balaban J connectivity index is 2.56. The van der Waals surface area contributed by atoms with Gasteiger partial charge in [-0.1, -0.05) is 19.4 Å². The second-order valence-electron chi connectivity index (χ2n) is 3.33. The van der Waals surface area contributed by atoms with E-state index in [-0.39, 0.29) is 6.03 Å². The summed E-state index contributed by atoms with van der Waals surface area (Å²) in [5.74, 6) is 0. The molecule has 1 rings (SSSR count). The first-order valence-electron chi connectivity index (χ1n) is 5.14. The third-order valence-electron chi connectivity index (χ3n) is 2.02. The van der Waals surface area contributed by atoms with Crippen LogP contribution < -0.4 is 10.6 Å². The maximum Gasteiger partial charge on any atom is 0.319 e. The number of benzene rings is 1. The minimum atomic E-state index is -0.180. The summed E-state index contributed by atoms with van der Waals surface area (Å²) in [5, 5.41) is 5.59. The Morgan fingerprint density at radius 3 is 2.50 bits per heavy atom. The van der Waals surface area contributed by atoms with Crippen LogP contribution in [0.4, 0.5) is 10.5 Å². The Kier molecular flexibility index (Phi) is 5.84. The van der Waals surface area contributed by atoms with E-state index in [1.165, 1.54) is 0 Å². The fourth-order valence-electron chi connectivity index (χ4n) is 1.15. The average molecular weight is 350 g/mol. The predicted octanol–water partition coefficient (Wildman–Crippen LogP) is 4.13. The van der Waals surface area contributed by atoms with E-state index in [1.807, 2.05) is 18.2 Å². The van der Waals surface area contributed by atoms with Crippen LogP contribution in [0.15, 0.2) is 27.1 Å². The van der Waals surface area contributed by atoms with Gasteiger partial charge in [0.25, 0.3) is 0 Å². The number of halogens is 2. The van der Waals surface area contributed by atoms with Crippen LogP contribution in [0, 0.1) is 0 Å². The molecule has 0 fully saturated rings. The number of para-hydroxylation sites is 1. The Morgan fingerprint density at radius 1 is 1.31 bits per heavy atom. The van der Waals surface area contributed by atoms with Gasteiger partial charge in [0, 0.05) is 15.5 Å². The van der Waals surface area contributed by atoms with Crippen molar-refractivity contribution in [2.75, 3.05) is 11.9 Å². The van der Waals surface area contributed by atoms with Gasteiger partial charge in [0.05, 0.1) is 5.69 Å². The third-order valence-corrected chi connectivity index (χ3v) is 3.34. The van der Waals surface area contributed by atoms with E-state index >= 15 is 0 Å². The number of hydrogen-bond donors (Lipinski definition) is 2. The van der Waals surface area contributed by atoms with Crippen molar-refractivity contribution in [1.82, 2.24) is 5.32 Å². The molecule has 16 heavy (non-hydrogen) atoms.